The molecule has 2 aliphatic rings. The van der Waals surface area contributed by atoms with Crippen LogP contribution in [0.1, 0.15) is 53.4 Å². The molecule has 0 unspecified atom stereocenters. The Balaban J connectivity index is 0.00000162. The summed E-state index contributed by atoms with van der Waals surface area (Å²) in [7, 11) is 0. The Morgan fingerprint density at radius 2 is 1.21 bits per heavy atom. The summed E-state index contributed by atoms with van der Waals surface area (Å²) in [6.07, 6.45) is 9.94. The second kappa shape index (κ2) is 8.65. The first-order valence-electron chi connectivity index (χ1n) is 6.69. The minimum Gasteiger partial charge on any atom is -1.00 e. The molecule has 0 N–H and O–H groups in total. The van der Waals surface area contributed by atoms with Gasteiger partial charge in [0.05, 0.1) is 0 Å². The molecule has 2 aliphatic carbocycles. The summed E-state index contributed by atoms with van der Waals surface area (Å²) in [5.74, 6) is 0. The van der Waals surface area contributed by atoms with Crippen LogP contribution in [0, 0.1) is 0 Å². The van der Waals surface area contributed by atoms with Gasteiger partial charge in [-0.05, 0) is 0 Å². The Labute approximate surface area is 141 Å². The van der Waals surface area contributed by atoms with Gasteiger partial charge in [-0.1, -0.05) is 0 Å². The van der Waals surface area contributed by atoms with E-state index in [2.05, 4.69) is 39.8 Å². The average Bonchev–Trinajstić information content (AvgIpc) is 2.84. The van der Waals surface area contributed by atoms with Crippen LogP contribution in [0.25, 0.3) is 0 Å². The number of hydrogen-bond acceptors (Lipinski definition) is 0. The van der Waals surface area contributed by atoms with Crippen LogP contribution in [-0.4, -0.2) is 0 Å². The zero-order valence-corrected chi connectivity index (χ0v) is 16.2. The van der Waals surface area contributed by atoms with Crippen molar-refractivity contribution in [3.05, 3.63) is 41.0 Å². The molecule has 0 saturated heterocycles. The van der Waals surface area contributed by atoms with Gasteiger partial charge in [0.25, 0.3) is 0 Å². The van der Waals surface area contributed by atoms with Crippen molar-refractivity contribution in [3.8, 4) is 0 Å². The van der Waals surface area contributed by atoms with E-state index < -0.39 is 23.2 Å². The van der Waals surface area contributed by atoms with Crippen molar-refractivity contribution in [2.45, 2.75) is 53.4 Å². The molecule has 19 heavy (non-hydrogen) atoms. The molecule has 0 amide bonds. The number of allylic oxidation sites excluding steroid dienone is 8. The second-order valence-electron chi connectivity index (χ2n) is 5.11. The molecule has 0 saturated carbocycles. The Morgan fingerprint density at radius 1 is 0.842 bits per heavy atom. The molecule has 2 rings (SSSR count). The van der Waals surface area contributed by atoms with E-state index in [4.69, 9.17) is 0 Å². The minimum atomic E-state index is -0.463. The topological polar surface area (TPSA) is 0 Å². The van der Waals surface area contributed by atoms with Crippen molar-refractivity contribution in [2.75, 3.05) is 0 Å². The SMILES string of the molecule is CCC1=CC(C)=[C]([Zr+2][C]2=C(C)C=C(CC)C2)C1.[Cl-].[Cl-]. The molecule has 0 spiro atoms. The fourth-order valence-electron chi connectivity index (χ4n) is 2.54. The van der Waals surface area contributed by atoms with Crippen LogP contribution in [0.3, 0.4) is 0 Å². The van der Waals surface area contributed by atoms with Crippen LogP contribution in [0.5, 0.6) is 0 Å². The van der Waals surface area contributed by atoms with Gasteiger partial charge in [0.15, 0.2) is 0 Å². The molecule has 0 bridgehead atoms. The Hall–Kier alpha value is 0.423. The third-order valence-corrected chi connectivity index (χ3v) is 8.10. The smallest absolute Gasteiger partial charge is 1.00 e. The van der Waals surface area contributed by atoms with E-state index in [0.29, 0.717) is 0 Å². The molecule has 0 aromatic carbocycles. The Bertz CT molecular complexity index is 411. The summed E-state index contributed by atoms with van der Waals surface area (Å²) in [6.45, 7) is 9.20. The van der Waals surface area contributed by atoms with Crippen molar-refractivity contribution in [1.82, 2.24) is 0 Å². The van der Waals surface area contributed by atoms with Gasteiger partial charge in [0.2, 0.25) is 0 Å². The monoisotopic (exact) mass is 374 g/mol. The summed E-state index contributed by atoms with van der Waals surface area (Å²) in [6, 6.07) is 0. The molecule has 0 aliphatic heterocycles. The van der Waals surface area contributed by atoms with E-state index in [1.165, 1.54) is 25.7 Å². The minimum absolute atomic E-state index is 0. The van der Waals surface area contributed by atoms with Crippen LogP contribution < -0.4 is 24.8 Å². The van der Waals surface area contributed by atoms with Gasteiger partial charge >= 0.3 is 118 Å². The third kappa shape index (κ3) is 4.73. The first-order chi connectivity index (χ1) is 8.13. The van der Waals surface area contributed by atoms with E-state index in [-0.39, 0.29) is 24.8 Å². The van der Waals surface area contributed by atoms with Gasteiger partial charge in [0.1, 0.15) is 0 Å². The van der Waals surface area contributed by atoms with Gasteiger partial charge in [-0.15, -0.1) is 0 Å². The van der Waals surface area contributed by atoms with Gasteiger partial charge in [-0.3, -0.25) is 0 Å². The zero-order chi connectivity index (χ0) is 12.4. The summed E-state index contributed by atoms with van der Waals surface area (Å²) in [5, 5.41) is 0. The molecule has 104 valence electrons. The van der Waals surface area contributed by atoms with Crippen LogP contribution in [0.15, 0.2) is 41.0 Å². The van der Waals surface area contributed by atoms with E-state index >= 15 is 0 Å². The Morgan fingerprint density at radius 3 is 1.47 bits per heavy atom. The van der Waals surface area contributed by atoms with Gasteiger partial charge in [-0.25, -0.2) is 0 Å². The normalized spacial score (nSPS) is 17.7. The maximum Gasteiger partial charge on any atom is -1.00 e. The van der Waals surface area contributed by atoms with Crippen LogP contribution in [0.4, 0.5) is 0 Å². The second-order valence-corrected chi connectivity index (χ2v) is 8.70. The average molecular weight is 376 g/mol. The molecule has 0 nitrogen and oxygen atoms in total. The van der Waals surface area contributed by atoms with E-state index in [9.17, 15) is 0 Å². The van der Waals surface area contributed by atoms with Crippen molar-refractivity contribution < 1.29 is 48.0 Å². The van der Waals surface area contributed by atoms with Crippen molar-refractivity contribution >= 4 is 0 Å². The maximum atomic E-state index is 2.44. The molecular formula is C16H22Cl2Zr. The van der Waals surface area contributed by atoms with Crippen LogP contribution >= 0.6 is 0 Å². The number of halogens is 2. The number of hydrogen-bond donors (Lipinski definition) is 0. The predicted molar refractivity (Wildman–Crippen MR) is 71.4 cm³/mol. The van der Waals surface area contributed by atoms with Crippen LogP contribution in [0.2, 0.25) is 0 Å². The van der Waals surface area contributed by atoms with E-state index in [1.54, 1.807) is 22.3 Å². The van der Waals surface area contributed by atoms with Crippen molar-refractivity contribution in [3.63, 3.8) is 0 Å². The first-order valence-corrected chi connectivity index (χ1v) is 9.15. The van der Waals surface area contributed by atoms with Gasteiger partial charge < -0.3 is 24.8 Å². The molecule has 0 heterocycles. The summed E-state index contributed by atoms with van der Waals surface area (Å²) in [5.41, 5.74) is 6.49. The van der Waals surface area contributed by atoms with E-state index in [1.807, 2.05) is 6.56 Å². The molecule has 0 fully saturated rings. The Kier molecular flexibility index (Phi) is 8.85. The fraction of sp³-hybridized carbons (Fsp3) is 0.500. The predicted octanol–water partition coefficient (Wildman–Crippen LogP) is -0.895. The summed E-state index contributed by atoms with van der Waals surface area (Å²) in [4.78, 5) is 0. The summed E-state index contributed by atoms with van der Waals surface area (Å²) >= 11 is -0.463. The zero-order valence-electron chi connectivity index (χ0n) is 12.2. The molecule has 0 radical (unpaired) electrons. The maximum absolute atomic E-state index is 2.44. The fourth-order valence-corrected chi connectivity index (χ4v) is 6.31. The van der Waals surface area contributed by atoms with Gasteiger partial charge in [-0.2, -0.15) is 0 Å². The standard InChI is InChI=1S/2C8H11.2ClH.Zr/c2*1-3-8-5-4-7(2)6-8;;;/h2*6H,3,5H2,1-2H3;2*1H;/q;;;;+2/p-2. The molecule has 3 heteroatoms. The quantitative estimate of drug-likeness (QED) is 0.597. The third-order valence-electron chi connectivity index (χ3n) is 3.81. The first kappa shape index (κ1) is 19.4. The molecule has 0 aromatic rings. The molecule has 0 atom stereocenters. The van der Waals surface area contributed by atoms with Crippen LogP contribution in [-0.2, 0) is 23.2 Å². The van der Waals surface area contributed by atoms with Crippen molar-refractivity contribution in [2.24, 2.45) is 0 Å². The number of rotatable bonds is 4. The van der Waals surface area contributed by atoms with E-state index in [0.717, 1.165) is 0 Å². The summed E-state index contributed by atoms with van der Waals surface area (Å²) < 4.78 is 3.65. The molecule has 0 aromatic heterocycles. The largest absolute Gasteiger partial charge is 1.00 e. The van der Waals surface area contributed by atoms with Crippen molar-refractivity contribution in [1.29, 1.82) is 0 Å². The van der Waals surface area contributed by atoms with Gasteiger partial charge in [0, 0.05) is 0 Å². The molecular weight excluding hydrogens is 354 g/mol.